The summed E-state index contributed by atoms with van der Waals surface area (Å²) in [7, 11) is 0. The van der Waals surface area contributed by atoms with Crippen molar-refractivity contribution in [3.05, 3.63) is 35.4 Å². The lowest BCUT2D eigenvalue weighted by Crippen LogP contribution is -2.24. The van der Waals surface area contributed by atoms with Crippen molar-refractivity contribution in [2.24, 2.45) is 0 Å². The van der Waals surface area contributed by atoms with E-state index in [2.05, 4.69) is 0 Å². The van der Waals surface area contributed by atoms with Crippen LogP contribution in [0.25, 0.3) is 0 Å². The highest BCUT2D eigenvalue weighted by molar-refractivity contribution is 5.73. The van der Waals surface area contributed by atoms with Gasteiger partial charge >= 0.3 is 5.97 Å². The summed E-state index contributed by atoms with van der Waals surface area (Å²) >= 11 is 0. The summed E-state index contributed by atoms with van der Waals surface area (Å²) in [6.07, 6.45) is 0.346. The Labute approximate surface area is 91.3 Å². The second-order valence-electron chi connectivity index (χ2n) is 4.75. The number of hydrogen-bond donors (Lipinski definition) is 0. The van der Waals surface area contributed by atoms with Gasteiger partial charge in [-0.05, 0) is 33.3 Å². The van der Waals surface area contributed by atoms with E-state index in [1.54, 1.807) is 0 Å². The minimum Gasteiger partial charge on any atom is -0.460 e. The Bertz CT molecular complexity index is 348. The Morgan fingerprint density at radius 3 is 2.53 bits per heavy atom. The second kappa shape index (κ2) is 4.47. The first-order valence-corrected chi connectivity index (χ1v) is 5.14. The predicted molar refractivity (Wildman–Crippen MR) is 60.7 cm³/mol. The molecular formula is C13H18O2. The maximum Gasteiger partial charge on any atom is 0.310 e. The summed E-state index contributed by atoms with van der Waals surface area (Å²) in [5.41, 5.74) is 1.77. The lowest BCUT2D eigenvalue weighted by atomic mass is 10.1. The van der Waals surface area contributed by atoms with Gasteiger partial charge in [0.1, 0.15) is 5.60 Å². The van der Waals surface area contributed by atoms with E-state index in [0.717, 1.165) is 11.1 Å². The average Bonchev–Trinajstić information content (AvgIpc) is 1.99. The Morgan fingerprint density at radius 1 is 1.33 bits per heavy atom. The SMILES string of the molecule is Cc1cccc(CC(=O)OC(C)(C)C)c1. The molecule has 0 fully saturated rings. The number of benzene rings is 1. The smallest absolute Gasteiger partial charge is 0.310 e. The molecule has 0 saturated heterocycles. The van der Waals surface area contributed by atoms with Gasteiger partial charge in [-0.25, -0.2) is 0 Å². The summed E-state index contributed by atoms with van der Waals surface area (Å²) in [6, 6.07) is 7.91. The topological polar surface area (TPSA) is 26.3 Å². The normalized spacial score (nSPS) is 11.2. The standard InChI is InChI=1S/C13H18O2/c1-10-6-5-7-11(8-10)9-12(14)15-13(2,3)4/h5-8H,9H2,1-4H3. The zero-order chi connectivity index (χ0) is 11.5. The van der Waals surface area contributed by atoms with Gasteiger partial charge in [-0.2, -0.15) is 0 Å². The van der Waals surface area contributed by atoms with Crippen LogP contribution in [0.3, 0.4) is 0 Å². The number of hydrogen-bond acceptors (Lipinski definition) is 2. The number of carbonyl (C=O) groups excluding carboxylic acids is 1. The molecule has 0 aliphatic rings. The molecule has 0 atom stereocenters. The van der Waals surface area contributed by atoms with E-state index in [-0.39, 0.29) is 5.97 Å². The van der Waals surface area contributed by atoms with E-state index in [0.29, 0.717) is 6.42 Å². The molecule has 2 nitrogen and oxygen atoms in total. The van der Waals surface area contributed by atoms with Crippen molar-refractivity contribution in [1.29, 1.82) is 0 Å². The first-order valence-electron chi connectivity index (χ1n) is 5.14. The molecule has 2 heteroatoms. The minimum atomic E-state index is -0.402. The number of ether oxygens (including phenoxy) is 1. The number of rotatable bonds is 2. The molecule has 0 spiro atoms. The van der Waals surface area contributed by atoms with Crippen LogP contribution < -0.4 is 0 Å². The van der Waals surface area contributed by atoms with Crippen LogP contribution in [-0.4, -0.2) is 11.6 Å². The van der Waals surface area contributed by atoms with Gasteiger partial charge < -0.3 is 4.74 Å². The fourth-order valence-electron chi connectivity index (χ4n) is 1.37. The molecule has 0 aliphatic carbocycles. The molecule has 0 heterocycles. The maximum absolute atomic E-state index is 11.5. The molecule has 1 aromatic rings. The summed E-state index contributed by atoms with van der Waals surface area (Å²) in [5.74, 6) is -0.173. The van der Waals surface area contributed by atoms with Crippen molar-refractivity contribution >= 4 is 5.97 Å². The van der Waals surface area contributed by atoms with Crippen LogP contribution in [0.4, 0.5) is 0 Å². The van der Waals surface area contributed by atoms with Gasteiger partial charge in [0.2, 0.25) is 0 Å². The van der Waals surface area contributed by atoms with Crippen LogP contribution in [0.1, 0.15) is 31.9 Å². The third-order valence-corrected chi connectivity index (χ3v) is 1.85. The van der Waals surface area contributed by atoms with Crippen molar-refractivity contribution in [3.63, 3.8) is 0 Å². The highest BCUT2D eigenvalue weighted by Gasteiger charge is 2.16. The third-order valence-electron chi connectivity index (χ3n) is 1.85. The summed E-state index contributed by atoms with van der Waals surface area (Å²) in [4.78, 5) is 11.5. The lowest BCUT2D eigenvalue weighted by Gasteiger charge is -2.19. The summed E-state index contributed by atoms with van der Waals surface area (Å²) in [5, 5.41) is 0. The van der Waals surface area contributed by atoms with Crippen LogP contribution in [0, 0.1) is 6.92 Å². The van der Waals surface area contributed by atoms with Crippen LogP contribution in [-0.2, 0) is 16.0 Å². The molecule has 15 heavy (non-hydrogen) atoms. The zero-order valence-electron chi connectivity index (χ0n) is 9.83. The van der Waals surface area contributed by atoms with Crippen LogP contribution in [0.15, 0.2) is 24.3 Å². The first-order chi connectivity index (χ1) is 6.87. The third kappa shape index (κ3) is 4.63. The van der Waals surface area contributed by atoms with E-state index in [1.165, 1.54) is 0 Å². The molecule has 0 N–H and O–H groups in total. The van der Waals surface area contributed by atoms with Crippen LogP contribution in [0.2, 0.25) is 0 Å². The Morgan fingerprint density at radius 2 is 2.00 bits per heavy atom. The van der Waals surface area contributed by atoms with Crippen molar-refractivity contribution in [1.82, 2.24) is 0 Å². The molecule has 0 unspecified atom stereocenters. The van der Waals surface area contributed by atoms with E-state index < -0.39 is 5.60 Å². The van der Waals surface area contributed by atoms with Crippen molar-refractivity contribution in [2.75, 3.05) is 0 Å². The van der Waals surface area contributed by atoms with Crippen molar-refractivity contribution in [3.8, 4) is 0 Å². The Hall–Kier alpha value is -1.31. The van der Waals surface area contributed by atoms with Gasteiger partial charge in [-0.1, -0.05) is 29.8 Å². The van der Waals surface area contributed by atoms with Gasteiger partial charge in [-0.15, -0.1) is 0 Å². The van der Waals surface area contributed by atoms with Gasteiger partial charge in [0, 0.05) is 0 Å². The van der Waals surface area contributed by atoms with Gasteiger partial charge in [0.05, 0.1) is 6.42 Å². The quantitative estimate of drug-likeness (QED) is 0.695. The first kappa shape index (κ1) is 11.8. The molecule has 0 aromatic heterocycles. The monoisotopic (exact) mass is 206 g/mol. The Balaban J connectivity index is 2.59. The Kier molecular flexibility index (Phi) is 3.51. The summed E-state index contributed by atoms with van der Waals surface area (Å²) in [6.45, 7) is 7.64. The van der Waals surface area contributed by atoms with Gasteiger partial charge in [0.25, 0.3) is 0 Å². The zero-order valence-corrected chi connectivity index (χ0v) is 9.83. The lowest BCUT2D eigenvalue weighted by molar-refractivity contribution is -0.153. The van der Waals surface area contributed by atoms with Crippen LogP contribution in [0.5, 0.6) is 0 Å². The van der Waals surface area contributed by atoms with Gasteiger partial charge in [0.15, 0.2) is 0 Å². The highest BCUT2D eigenvalue weighted by atomic mass is 16.6. The van der Waals surface area contributed by atoms with E-state index in [9.17, 15) is 4.79 Å². The van der Waals surface area contributed by atoms with Crippen molar-refractivity contribution < 1.29 is 9.53 Å². The second-order valence-corrected chi connectivity index (χ2v) is 4.75. The molecule has 1 rings (SSSR count). The fourth-order valence-corrected chi connectivity index (χ4v) is 1.37. The number of aryl methyl sites for hydroxylation is 1. The van der Waals surface area contributed by atoms with E-state index in [1.807, 2.05) is 52.0 Å². The van der Waals surface area contributed by atoms with Crippen molar-refractivity contribution in [2.45, 2.75) is 39.7 Å². The summed E-state index contributed by atoms with van der Waals surface area (Å²) < 4.78 is 5.24. The molecule has 0 aliphatic heterocycles. The molecule has 1 aromatic carbocycles. The molecular weight excluding hydrogens is 188 g/mol. The maximum atomic E-state index is 11.5. The van der Waals surface area contributed by atoms with E-state index in [4.69, 9.17) is 4.74 Å². The number of carbonyl (C=O) groups is 1. The largest absolute Gasteiger partial charge is 0.460 e. The molecule has 82 valence electrons. The fraction of sp³-hybridized carbons (Fsp3) is 0.462. The molecule has 0 bridgehead atoms. The molecule has 0 radical (unpaired) electrons. The van der Waals surface area contributed by atoms with E-state index >= 15 is 0 Å². The highest BCUT2D eigenvalue weighted by Crippen LogP contribution is 2.10. The van der Waals surface area contributed by atoms with Crippen LogP contribution >= 0.6 is 0 Å². The van der Waals surface area contributed by atoms with Gasteiger partial charge in [-0.3, -0.25) is 4.79 Å². The molecule has 0 saturated carbocycles. The number of esters is 1. The molecule has 0 amide bonds. The average molecular weight is 206 g/mol. The predicted octanol–water partition coefficient (Wildman–Crippen LogP) is 2.88. The minimum absolute atomic E-state index is 0.173.